The molecule has 0 aliphatic heterocycles. The number of halogens is 1. The highest BCUT2D eigenvalue weighted by Gasteiger charge is 2.13. The van der Waals surface area contributed by atoms with Crippen LogP contribution in [0.5, 0.6) is 0 Å². The number of benzene rings is 2. The van der Waals surface area contributed by atoms with Gasteiger partial charge in [0.1, 0.15) is 0 Å². The minimum Gasteiger partial charge on any atom is -0.465 e. The maximum Gasteiger partial charge on any atom is 0.337 e. The lowest BCUT2D eigenvalue weighted by Gasteiger charge is -2.07. The van der Waals surface area contributed by atoms with E-state index in [4.69, 9.17) is 20.9 Å². The molecule has 0 radical (unpaired) electrons. The summed E-state index contributed by atoms with van der Waals surface area (Å²) in [7, 11) is 1.26. The van der Waals surface area contributed by atoms with Gasteiger partial charge in [-0.2, -0.15) is 4.98 Å². The molecule has 1 heterocycles. The largest absolute Gasteiger partial charge is 0.465 e. The van der Waals surface area contributed by atoms with Gasteiger partial charge in [-0.15, -0.1) is 0 Å². The third kappa shape index (κ3) is 6.38. The molecule has 0 aliphatic rings. The smallest absolute Gasteiger partial charge is 0.337 e. The Kier molecular flexibility index (Phi) is 7.34. The zero-order valence-corrected chi connectivity index (χ0v) is 17.2. The third-order valence-corrected chi connectivity index (χ3v) is 4.30. The summed E-state index contributed by atoms with van der Waals surface area (Å²) in [5.41, 5.74) is 1.40. The summed E-state index contributed by atoms with van der Waals surface area (Å²) < 4.78 is 14.7. The van der Waals surface area contributed by atoms with Crippen LogP contribution in [0.3, 0.4) is 0 Å². The van der Waals surface area contributed by atoms with E-state index < -0.39 is 24.5 Å². The summed E-state index contributed by atoms with van der Waals surface area (Å²) in [6.45, 7) is -0.471. The number of nitrogens with zero attached hydrogens (tertiary/aromatic N) is 2. The second-order valence-electron chi connectivity index (χ2n) is 6.30. The number of carbonyl (C=O) groups is 3. The van der Waals surface area contributed by atoms with Crippen LogP contribution < -0.4 is 5.32 Å². The fourth-order valence-corrected chi connectivity index (χ4v) is 2.66. The Morgan fingerprint density at radius 1 is 1.13 bits per heavy atom. The van der Waals surface area contributed by atoms with E-state index in [1.54, 1.807) is 42.5 Å². The molecule has 0 saturated heterocycles. The molecule has 1 amide bonds. The highest BCUT2D eigenvalue weighted by Crippen LogP contribution is 2.19. The summed E-state index contributed by atoms with van der Waals surface area (Å²) in [5, 5.41) is 7.00. The first-order valence-electron chi connectivity index (χ1n) is 9.17. The molecule has 1 aromatic heterocycles. The fourth-order valence-electron chi connectivity index (χ4n) is 2.54. The quantitative estimate of drug-likeness (QED) is 0.526. The maximum atomic E-state index is 12.0. The Hall–Kier alpha value is -3.72. The average Bonchev–Trinajstić information content (AvgIpc) is 3.25. The number of hydrogen-bond donors (Lipinski definition) is 1. The van der Waals surface area contributed by atoms with Crippen LogP contribution in [0, 0.1) is 0 Å². The fraction of sp³-hybridized carbons (Fsp3) is 0.190. The summed E-state index contributed by atoms with van der Waals surface area (Å²) in [5.74, 6) is -1.01. The number of hydrogen-bond acceptors (Lipinski definition) is 8. The van der Waals surface area contributed by atoms with E-state index in [1.807, 2.05) is 0 Å². The molecular formula is C21H18ClN3O6. The minimum absolute atomic E-state index is 0.0344. The first kappa shape index (κ1) is 22.0. The number of amides is 1. The molecule has 0 bridgehead atoms. The van der Waals surface area contributed by atoms with Gasteiger partial charge >= 0.3 is 11.9 Å². The standard InChI is InChI=1S/C21H18ClN3O6/c1-29-21(28)14-3-2-4-16(11-14)23-17(26)12-30-19(27)10-9-18-24-20(25-31-18)13-5-7-15(22)8-6-13/h2-8,11H,9-10,12H2,1H3,(H,23,26). The first-order valence-corrected chi connectivity index (χ1v) is 9.55. The summed E-state index contributed by atoms with van der Waals surface area (Å²) in [6, 6.07) is 13.1. The number of carbonyl (C=O) groups excluding carboxylic acids is 3. The Balaban J connectivity index is 1.44. The second-order valence-corrected chi connectivity index (χ2v) is 6.74. The molecule has 0 unspecified atom stereocenters. The normalized spacial score (nSPS) is 10.4. The van der Waals surface area contributed by atoms with Gasteiger partial charge in [0.2, 0.25) is 11.7 Å². The van der Waals surface area contributed by atoms with Crippen LogP contribution in [0.2, 0.25) is 5.02 Å². The lowest BCUT2D eigenvalue weighted by molar-refractivity contribution is -0.147. The lowest BCUT2D eigenvalue weighted by Crippen LogP contribution is -2.21. The van der Waals surface area contributed by atoms with Crippen molar-refractivity contribution in [3.05, 3.63) is 65.0 Å². The number of anilines is 1. The van der Waals surface area contributed by atoms with Crippen LogP contribution in [-0.4, -0.2) is 41.7 Å². The number of aryl methyl sites for hydroxylation is 1. The van der Waals surface area contributed by atoms with Crippen LogP contribution >= 0.6 is 11.6 Å². The Morgan fingerprint density at radius 2 is 1.90 bits per heavy atom. The molecule has 3 rings (SSSR count). The van der Waals surface area contributed by atoms with E-state index in [9.17, 15) is 14.4 Å². The van der Waals surface area contributed by atoms with Gasteiger partial charge < -0.3 is 19.3 Å². The monoisotopic (exact) mass is 443 g/mol. The zero-order valence-electron chi connectivity index (χ0n) is 16.5. The molecule has 31 heavy (non-hydrogen) atoms. The highest BCUT2D eigenvalue weighted by atomic mass is 35.5. The van der Waals surface area contributed by atoms with Crippen molar-refractivity contribution in [3.63, 3.8) is 0 Å². The number of nitrogens with one attached hydrogen (secondary N) is 1. The van der Waals surface area contributed by atoms with Crippen LogP contribution in [0.4, 0.5) is 5.69 Å². The Morgan fingerprint density at radius 3 is 2.65 bits per heavy atom. The van der Waals surface area contributed by atoms with E-state index >= 15 is 0 Å². The Labute approximate surface area is 182 Å². The minimum atomic E-state index is -0.593. The molecular weight excluding hydrogens is 426 g/mol. The van der Waals surface area contributed by atoms with Crippen molar-refractivity contribution in [2.45, 2.75) is 12.8 Å². The zero-order chi connectivity index (χ0) is 22.2. The number of methoxy groups -OCH3 is 1. The highest BCUT2D eigenvalue weighted by molar-refractivity contribution is 6.30. The Bertz CT molecular complexity index is 1080. The SMILES string of the molecule is COC(=O)c1cccc(NC(=O)COC(=O)CCc2nc(-c3ccc(Cl)cc3)no2)c1. The molecule has 0 spiro atoms. The molecule has 2 aromatic carbocycles. The van der Waals surface area contributed by atoms with Gasteiger partial charge in [0, 0.05) is 22.7 Å². The van der Waals surface area contributed by atoms with Gasteiger partial charge in [-0.3, -0.25) is 9.59 Å². The van der Waals surface area contributed by atoms with Gasteiger partial charge in [-0.05, 0) is 42.5 Å². The van der Waals surface area contributed by atoms with Crippen molar-refractivity contribution in [2.24, 2.45) is 0 Å². The van der Waals surface area contributed by atoms with Gasteiger partial charge in [-0.1, -0.05) is 22.8 Å². The topological polar surface area (TPSA) is 121 Å². The van der Waals surface area contributed by atoms with E-state index in [1.165, 1.54) is 13.2 Å². The van der Waals surface area contributed by atoms with E-state index in [0.29, 0.717) is 16.5 Å². The number of aromatic nitrogens is 2. The van der Waals surface area contributed by atoms with Gasteiger partial charge in [0.15, 0.2) is 6.61 Å². The number of esters is 2. The van der Waals surface area contributed by atoms with Crippen LogP contribution in [-0.2, 0) is 25.5 Å². The molecule has 0 atom stereocenters. The van der Waals surface area contributed by atoms with E-state index in [0.717, 1.165) is 5.56 Å². The summed E-state index contributed by atoms with van der Waals surface area (Å²) in [6.07, 6.45) is 0.134. The molecule has 3 aromatic rings. The molecule has 0 aliphatic carbocycles. The van der Waals surface area contributed by atoms with Crippen molar-refractivity contribution in [3.8, 4) is 11.4 Å². The van der Waals surface area contributed by atoms with Crippen molar-refractivity contribution in [2.75, 3.05) is 19.0 Å². The van der Waals surface area contributed by atoms with Gasteiger partial charge in [-0.25, -0.2) is 4.79 Å². The summed E-state index contributed by atoms with van der Waals surface area (Å²) >= 11 is 5.85. The molecule has 9 nitrogen and oxygen atoms in total. The molecule has 1 N–H and O–H groups in total. The van der Waals surface area contributed by atoms with Crippen LogP contribution in [0.15, 0.2) is 53.1 Å². The molecule has 160 valence electrons. The molecule has 0 fully saturated rings. The summed E-state index contributed by atoms with van der Waals surface area (Å²) in [4.78, 5) is 39.6. The first-order chi connectivity index (χ1) is 14.9. The van der Waals surface area contributed by atoms with Gasteiger partial charge in [0.05, 0.1) is 19.1 Å². The predicted molar refractivity (Wildman–Crippen MR) is 110 cm³/mol. The molecule has 0 saturated carbocycles. The number of rotatable bonds is 8. The number of ether oxygens (including phenoxy) is 2. The van der Waals surface area contributed by atoms with Crippen molar-refractivity contribution < 1.29 is 28.4 Å². The van der Waals surface area contributed by atoms with E-state index in [2.05, 4.69) is 20.2 Å². The molecule has 10 heteroatoms. The van der Waals surface area contributed by atoms with E-state index in [-0.39, 0.29) is 24.3 Å². The maximum absolute atomic E-state index is 12.0. The van der Waals surface area contributed by atoms with Crippen molar-refractivity contribution in [1.82, 2.24) is 10.1 Å². The lowest BCUT2D eigenvalue weighted by atomic mass is 10.2. The van der Waals surface area contributed by atoms with Crippen molar-refractivity contribution in [1.29, 1.82) is 0 Å². The second kappa shape index (κ2) is 10.4. The van der Waals surface area contributed by atoms with Crippen LogP contribution in [0.1, 0.15) is 22.7 Å². The van der Waals surface area contributed by atoms with Crippen LogP contribution in [0.25, 0.3) is 11.4 Å². The predicted octanol–water partition coefficient (Wildman–Crippen LogP) is 3.29. The van der Waals surface area contributed by atoms with Crippen molar-refractivity contribution >= 4 is 35.1 Å². The third-order valence-electron chi connectivity index (χ3n) is 4.05. The average molecular weight is 444 g/mol. The van der Waals surface area contributed by atoms with Gasteiger partial charge in [0.25, 0.3) is 5.91 Å².